The zero-order valence-electron chi connectivity index (χ0n) is 19.9. The Bertz CT molecular complexity index is 780. The molecule has 164 valence electrons. The monoisotopic (exact) mass is 411 g/mol. The molecule has 0 bridgehead atoms. The Morgan fingerprint density at radius 2 is 1.73 bits per heavy atom. The van der Waals surface area contributed by atoms with Crippen molar-refractivity contribution in [2.45, 2.75) is 59.2 Å². The van der Waals surface area contributed by atoms with Gasteiger partial charge in [0.25, 0.3) is 0 Å². The van der Waals surface area contributed by atoms with E-state index < -0.39 is 0 Å². The van der Waals surface area contributed by atoms with Gasteiger partial charge in [0.15, 0.2) is 0 Å². The number of hydrogen-bond donors (Lipinski definition) is 0. The van der Waals surface area contributed by atoms with E-state index in [1.807, 2.05) is 7.05 Å². The molecule has 6 heteroatoms. The molecule has 0 N–H and O–H groups in total. The molecule has 1 aromatic rings. The molecule has 0 amide bonds. The van der Waals surface area contributed by atoms with E-state index in [-0.39, 0.29) is 18.3 Å². The lowest BCUT2D eigenvalue weighted by Gasteiger charge is -2.36. The van der Waals surface area contributed by atoms with Gasteiger partial charge >= 0.3 is 7.12 Å². The average Bonchev–Trinajstić information content (AvgIpc) is 2.92. The Morgan fingerprint density at radius 1 is 1.10 bits per heavy atom. The summed E-state index contributed by atoms with van der Waals surface area (Å²) in [5.74, 6) is 0. The van der Waals surface area contributed by atoms with Gasteiger partial charge in [0.05, 0.1) is 11.2 Å². The standard InChI is InChI=1S/C24H38BN3O2/c1-8-9-10-20(26-7)18-27-13-15-28(16-14-27)21-11-12-22(19(2)17-21)25-29-23(3,4)24(5,6)30-25/h9-12,17H,8,13-16,18H2,1-7H3/b10-9-,26-20?. The van der Waals surface area contributed by atoms with Crippen LogP contribution in [0.5, 0.6) is 0 Å². The molecule has 2 aliphatic rings. The van der Waals surface area contributed by atoms with Gasteiger partial charge in [0, 0.05) is 51.2 Å². The fourth-order valence-corrected chi connectivity index (χ4v) is 3.94. The van der Waals surface area contributed by atoms with Crippen molar-refractivity contribution in [2.24, 2.45) is 4.99 Å². The van der Waals surface area contributed by atoms with Gasteiger partial charge in [0.1, 0.15) is 0 Å². The smallest absolute Gasteiger partial charge is 0.399 e. The molecule has 3 rings (SSSR count). The molecule has 2 saturated heterocycles. The SMILES string of the molecule is CC/C=C\C(CN1CCN(c2ccc(B3OC(C)(C)C(C)(C)O3)c(C)c2)CC1)=NC. The van der Waals surface area contributed by atoms with Gasteiger partial charge in [-0.25, -0.2) is 0 Å². The minimum absolute atomic E-state index is 0.302. The fourth-order valence-electron chi connectivity index (χ4n) is 3.94. The summed E-state index contributed by atoms with van der Waals surface area (Å²) in [6.07, 6.45) is 5.39. The van der Waals surface area contributed by atoms with Crippen LogP contribution in [0, 0.1) is 6.92 Å². The van der Waals surface area contributed by atoms with Crippen LogP contribution in [0.15, 0.2) is 35.3 Å². The van der Waals surface area contributed by atoms with Crippen molar-refractivity contribution in [3.63, 3.8) is 0 Å². The van der Waals surface area contributed by atoms with Crippen LogP contribution in [0.25, 0.3) is 0 Å². The third kappa shape index (κ3) is 4.98. The molecule has 0 aromatic heterocycles. The molecule has 0 spiro atoms. The molecule has 2 aliphatic heterocycles. The molecule has 0 radical (unpaired) electrons. The molecule has 2 fully saturated rings. The number of allylic oxidation sites excluding steroid dienone is 1. The lowest BCUT2D eigenvalue weighted by atomic mass is 9.76. The summed E-state index contributed by atoms with van der Waals surface area (Å²) >= 11 is 0. The number of nitrogens with zero attached hydrogens (tertiary/aromatic N) is 3. The number of hydrogen-bond acceptors (Lipinski definition) is 5. The maximum Gasteiger partial charge on any atom is 0.495 e. The highest BCUT2D eigenvalue weighted by Crippen LogP contribution is 2.36. The van der Waals surface area contributed by atoms with E-state index in [4.69, 9.17) is 9.31 Å². The van der Waals surface area contributed by atoms with Gasteiger partial charge in [-0.15, -0.1) is 0 Å². The molecule has 5 nitrogen and oxygen atoms in total. The van der Waals surface area contributed by atoms with Crippen LogP contribution < -0.4 is 10.4 Å². The molecule has 2 heterocycles. The minimum atomic E-state index is -0.313. The molecular formula is C24H38BN3O2. The van der Waals surface area contributed by atoms with Gasteiger partial charge in [-0.1, -0.05) is 19.1 Å². The Labute approximate surface area is 183 Å². The lowest BCUT2D eigenvalue weighted by Crippen LogP contribution is -2.48. The van der Waals surface area contributed by atoms with Gasteiger partial charge in [-0.3, -0.25) is 9.89 Å². The summed E-state index contributed by atoms with van der Waals surface area (Å²) < 4.78 is 12.5. The van der Waals surface area contributed by atoms with Crippen molar-refractivity contribution >= 4 is 24.0 Å². The molecule has 0 atom stereocenters. The lowest BCUT2D eigenvalue weighted by molar-refractivity contribution is 0.00578. The Kier molecular flexibility index (Phi) is 7.11. The summed E-state index contributed by atoms with van der Waals surface area (Å²) in [6, 6.07) is 6.67. The molecule has 1 aromatic carbocycles. The van der Waals surface area contributed by atoms with Crippen LogP contribution in [0.4, 0.5) is 5.69 Å². The average molecular weight is 411 g/mol. The third-order valence-corrected chi connectivity index (χ3v) is 6.72. The van der Waals surface area contributed by atoms with Crippen molar-refractivity contribution in [3.8, 4) is 0 Å². The zero-order chi connectivity index (χ0) is 21.9. The summed E-state index contributed by atoms with van der Waals surface area (Å²) in [5, 5.41) is 0. The van der Waals surface area contributed by atoms with E-state index >= 15 is 0 Å². The van der Waals surface area contributed by atoms with Gasteiger partial charge in [-0.2, -0.15) is 0 Å². The summed E-state index contributed by atoms with van der Waals surface area (Å²) in [5.41, 5.74) is 4.16. The number of piperazine rings is 1. The van der Waals surface area contributed by atoms with Crippen LogP contribution >= 0.6 is 0 Å². The van der Waals surface area contributed by atoms with Crippen molar-refractivity contribution in [1.29, 1.82) is 0 Å². The maximum atomic E-state index is 6.25. The highest BCUT2D eigenvalue weighted by molar-refractivity contribution is 6.62. The second-order valence-electron chi connectivity index (χ2n) is 9.42. The van der Waals surface area contributed by atoms with Gasteiger partial charge in [-0.05, 0) is 70.3 Å². The number of anilines is 1. The molecule has 30 heavy (non-hydrogen) atoms. The van der Waals surface area contributed by atoms with Crippen molar-refractivity contribution in [3.05, 3.63) is 35.9 Å². The van der Waals surface area contributed by atoms with Gasteiger partial charge < -0.3 is 14.2 Å². The molecule has 0 saturated carbocycles. The van der Waals surface area contributed by atoms with Crippen molar-refractivity contribution in [1.82, 2.24) is 4.90 Å². The second-order valence-corrected chi connectivity index (χ2v) is 9.42. The van der Waals surface area contributed by atoms with Crippen LogP contribution in [0.1, 0.15) is 46.6 Å². The first-order chi connectivity index (χ1) is 14.2. The quantitative estimate of drug-likeness (QED) is 0.531. The topological polar surface area (TPSA) is 37.3 Å². The number of aryl methyl sites for hydroxylation is 1. The van der Waals surface area contributed by atoms with Crippen molar-refractivity contribution in [2.75, 3.05) is 44.7 Å². The predicted molar refractivity (Wildman–Crippen MR) is 128 cm³/mol. The largest absolute Gasteiger partial charge is 0.495 e. The number of rotatable bonds is 6. The van der Waals surface area contributed by atoms with E-state index in [2.05, 4.69) is 86.7 Å². The normalized spacial score (nSPS) is 22.3. The highest BCUT2D eigenvalue weighted by atomic mass is 16.7. The number of benzene rings is 1. The minimum Gasteiger partial charge on any atom is -0.399 e. The van der Waals surface area contributed by atoms with E-state index in [1.165, 1.54) is 11.3 Å². The van der Waals surface area contributed by atoms with Gasteiger partial charge in [0.2, 0.25) is 0 Å². The molecule has 0 unspecified atom stereocenters. The van der Waals surface area contributed by atoms with E-state index in [0.717, 1.165) is 50.3 Å². The zero-order valence-corrected chi connectivity index (χ0v) is 19.9. The molecular weight excluding hydrogens is 373 g/mol. The van der Waals surface area contributed by atoms with Crippen LogP contribution in [0.3, 0.4) is 0 Å². The van der Waals surface area contributed by atoms with Crippen LogP contribution in [-0.2, 0) is 9.31 Å². The Hall–Kier alpha value is -1.63. The predicted octanol–water partition coefficient (Wildman–Crippen LogP) is 3.45. The third-order valence-electron chi connectivity index (χ3n) is 6.72. The number of aliphatic imine (C=N–C) groups is 1. The first kappa shape index (κ1) is 23.0. The first-order valence-corrected chi connectivity index (χ1v) is 11.2. The Morgan fingerprint density at radius 3 is 2.27 bits per heavy atom. The van der Waals surface area contributed by atoms with E-state index in [0.29, 0.717) is 0 Å². The first-order valence-electron chi connectivity index (χ1n) is 11.2. The van der Waals surface area contributed by atoms with E-state index in [9.17, 15) is 0 Å². The Balaban J connectivity index is 1.61. The summed E-state index contributed by atoms with van der Waals surface area (Å²) in [4.78, 5) is 9.39. The van der Waals surface area contributed by atoms with Crippen molar-refractivity contribution < 1.29 is 9.31 Å². The summed E-state index contributed by atoms with van der Waals surface area (Å²) in [6.45, 7) is 17.8. The fraction of sp³-hybridized carbons (Fsp3) is 0.625. The van der Waals surface area contributed by atoms with E-state index in [1.54, 1.807) is 0 Å². The van der Waals surface area contributed by atoms with Crippen LogP contribution in [-0.4, -0.2) is 68.7 Å². The summed E-state index contributed by atoms with van der Waals surface area (Å²) in [7, 11) is 1.58. The maximum absolute atomic E-state index is 6.25. The highest BCUT2D eigenvalue weighted by Gasteiger charge is 2.52. The molecule has 0 aliphatic carbocycles. The van der Waals surface area contributed by atoms with Crippen LogP contribution in [0.2, 0.25) is 0 Å². The second kappa shape index (κ2) is 9.25.